The number of fused-ring (bicyclic) bond motifs is 4. The van der Waals surface area contributed by atoms with Gasteiger partial charge in [-0.2, -0.15) is 0 Å². The molecule has 6 nitrogen and oxygen atoms in total. The summed E-state index contributed by atoms with van der Waals surface area (Å²) < 4.78 is 11.9. The maximum atomic E-state index is 5.43. The van der Waals surface area contributed by atoms with E-state index in [1.807, 2.05) is 37.3 Å². The van der Waals surface area contributed by atoms with Gasteiger partial charge in [0.1, 0.15) is 12.1 Å². The van der Waals surface area contributed by atoms with E-state index in [1.54, 1.807) is 17.7 Å². The van der Waals surface area contributed by atoms with Crippen molar-refractivity contribution in [2.45, 2.75) is 6.92 Å². The first kappa shape index (κ1) is 13.5. The highest BCUT2D eigenvalue weighted by molar-refractivity contribution is 7.19. The molecule has 0 saturated heterocycles. The summed E-state index contributed by atoms with van der Waals surface area (Å²) in [6, 6.07) is 9.72. The highest BCUT2D eigenvalue weighted by Crippen LogP contribution is 2.37. The number of rotatable bonds is 2. The molecule has 1 aliphatic heterocycles. The predicted octanol–water partition coefficient (Wildman–Crippen LogP) is 4.02. The molecule has 1 N–H and O–H groups in total. The lowest BCUT2D eigenvalue weighted by Crippen LogP contribution is -1.96. The molecule has 0 atom stereocenters. The number of nitrogens with one attached hydrogen (secondary N) is 1. The minimum absolute atomic E-state index is 0.260. The van der Waals surface area contributed by atoms with Crippen molar-refractivity contribution < 1.29 is 9.47 Å². The lowest BCUT2D eigenvalue weighted by Gasteiger charge is -2.09. The first-order valence-electron chi connectivity index (χ1n) is 7.45. The second-order valence-electron chi connectivity index (χ2n) is 5.46. The molecule has 24 heavy (non-hydrogen) atoms. The Balaban J connectivity index is 1.67. The SMILES string of the molecule is Cc1nc2ccc3ncnc(Nc4ccc5c(c4)OCO5)c3c2s1. The highest BCUT2D eigenvalue weighted by Gasteiger charge is 2.15. The quantitative estimate of drug-likeness (QED) is 0.596. The standard InChI is InChI=1S/C17H12N4O2S/c1-9-20-12-4-3-11-15(16(12)24-9)17(19-7-18-11)21-10-2-5-13-14(6-10)23-8-22-13/h2-7H,8H2,1H3,(H,18,19,21). The number of anilines is 2. The molecule has 7 heteroatoms. The number of ether oxygens (including phenoxy) is 2. The molecular weight excluding hydrogens is 324 g/mol. The zero-order valence-corrected chi connectivity index (χ0v) is 13.6. The molecule has 118 valence electrons. The zero-order chi connectivity index (χ0) is 16.1. The average molecular weight is 336 g/mol. The van der Waals surface area contributed by atoms with Gasteiger partial charge in [-0.05, 0) is 31.2 Å². The Hall–Kier alpha value is -2.93. The minimum Gasteiger partial charge on any atom is -0.454 e. The minimum atomic E-state index is 0.260. The molecule has 1 aliphatic rings. The Morgan fingerprint density at radius 2 is 1.92 bits per heavy atom. The molecule has 0 saturated carbocycles. The summed E-state index contributed by atoms with van der Waals surface area (Å²) in [5, 5.41) is 5.38. The van der Waals surface area contributed by atoms with Gasteiger partial charge in [0.2, 0.25) is 6.79 Å². The van der Waals surface area contributed by atoms with Crippen LogP contribution in [0.3, 0.4) is 0 Å². The van der Waals surface area contributed by atoms with E-state index < -0.39 is 0 Å². The van der Waals surface area contributed by atoms with Gasteiger partial charge in [0.15, 0.2) is 11.5 Å². The Kier molecular flexibility index (Phi) is 2.83. The Morgan fingerprint density at radius 1 is 1.04 bits per heavy atom. The topological polar surface area (TPSA) is 69.2 Å². The number of benzene rings is 2. The van der Waals surface area contributed by atoms with Gasteiger partial charge in [0.05, 0.1) is 26.1 Å². The molecule has 4 aromatic rings. The fourth-order valence-electron chi connectivity index (χ4n) is 2.85. The summed E-state index contributed by atoms with van der Waals surface area (Å²) >= 11 is 1.65. The molecule has 0 radical (unpaired) electrons. The molecule has 0 aliphatic carbocycles. The number of hydrogen-bond donors (Lipinski definition) is 1. The van der Waals surface area contributed by atoms with Crippen LogP contribution in [-0.2, 0) is 0 Å². The predicted molar refractivity (Wildman–Crippen MR) is 93.3 cm³/mol. The van der Waals surface area contributed by atoms with E-state index in [9.17, 15) is 0 Å². The Labute approximate surface area is 141 Å². The number of thiazole rings is 1. The molecule has 0 amide bonds. The summed E-state index contributed by atoms with van der Waals surface area (Å²) in [5.41, 5.74) is 2.75. The van der Waals surface area contributed by atoms with E-state index in [-0.39, 0.29) is 6.79 Å². The van der Waals surface area contributed by atoms with Crippen molar-refractivity contribution >= 4 is 44.0 Å². The third kappa shape index (κ3) is 2.05. The Morgan fingerprint density at radius 3 is 2.88 bits per heavy atom. The first-order valence-corrected chi connectivity index (χ1v) is 8.27. The summed E-state index contributed by atoms with van der Waals surface area (Å²) in [7, 11) is 0. The summed E-state index contributed by atoms with van der Waals surface area (Å²) in [5.74, 6) is 2.25. The van der Waals surface area contributed by atoms with Crippen LogP contribution in [0.2, 0.25) is 0 Å². The fraction of sp³-hybridized carbons (Fsp3) is 0.118. The number of nitrogens with zero attached hydrogens (tertiary/aromatic N) is 3. The number of aromatic nitrogens is 3. The van der Waals surface area contributed by atoms with Crippen molar-refractivity contribution in [3.8, 4) is 11.5 Å². The van der Waals surface area contributed by atoms with Gasteiger partial charge in [-0.25, -0.2) is 15.0 Å². The van der Waals surface area contributed by atoms with E-state index >= 15 is 0 Å². The van der Waals surface area contributed by atoms with E-state index in [2.05, 4.69) is 20.3 Å². The third-order valence-electron chi connectivity index (χ3n) is 3.90. The van der Waals surface area contributed by atoms with Gasteiger partial charge < -0.3 is 14.8 Å². The van der Waals surface area contributed by atoms with E-state index in [4.69, 9.17) is 9.47 Å². The molecule has 5 rings (SSSR count). The smallest absolute Gasteiger partial charge is 0.231 e. The van der Waals surface area contributed by atoms with Crippen LogP contribution in [0.4, 0.5) is 11.5 Å². The molecule has 0 fully saturated rings. The summed E-state index contributed by atoms with van der Waals surface area (Å²) in [6.07, 6.45) is 1.57. The number of hydrogen-bond acceptors (Lipinski definition) is 7. The van der Waals surface area contributed by atoms with E-state index in [0.717, 1.165) is 49.1 Å². The van der Waals surface area contributed by atoms with Crippen molar-refractivity contribution in [3.63, 3.8) is 0 Å². The largest absolute Gasteiger partial charge is 0.454 e. The molecular formula is C17H12N4O2S. The number of aryl methyl sites for hydroxylation is 1. The second kappa shape index (κ2) is 5.04. The maximum Gasteiger partial charge on any atom is 0.231 e. The van der Waals surface area contributed by atoms with Crippen LogP contribution in [0.15, 0.2) is 36.7 Å². The summed E-state index contributed by atoms with van der Waals surface area (Å²) in [6.45, 7) is 2.27. The molecule has 2 aromatic heterocycles. The van der Waals surface area contributed by atoms with Crippen LogP contribution in [-0.4, -0.2) is 21.7 Å². The van der Waals surface area contributed by atoms with Crippen molar-refractivity contribution in [1.82, 2.24) is 15.0 Å². The zero-order valence-electron chi connectivity index (χ0n) is 12.7. The van der Waals surface area contributed by atoms with Gasteiger partial charge in [-0.3, -0.25) is 0 Å². The molecule has 0 spiro atoms. The average Bonchev–Trinajstić information content (AvgIpc) is 3.19. The fourth-order valence-corrected chi connectivity index (χ4v) is 3.81. The first-order chi connectivity index (χ1) is 11.8. The molecule has 2 aromatic carbocycles. The van der Waals surface area contributed by atoms with E-state index in [0.29, 0.717) is 0 Å². The van der Waals surface area contributed by atoms with E-state index in [1.165, 1.54) is 0 Å². The van der Waals surface area contributed by atoms with Gasteiger partial charge in [-0.1, -0.05) is 0 Å². The van der Waals surface area contributed by atoms with Crippen LogP contribution < -0.4 is 14.8 Å². The van der Waals surface area contributed by atoms with Gasteiger partial charge in [0, 0.05) is 11.8 Å². The van der Waals surface area contributed by atoms with Crippen LogP contribution in [0.25, 0.3) is 21.1 Å². The highest BCUT2D eigenvalue weighted by atomic mass is 32.1. The van der Waals surface area contributed by atoms with Crippen LogP contribution in [0.1, 0.15) is 5.01 Å². The van der Waals surface area contributed by atoms with Crippen LogP contribution >= 0.6 is 11.3 Å². The molecule has 3 heterocycles. The van der Waals surface area contributed by atoms with Crippen LogP contribution in [0, 0.1) is 6.92 Å². The van der Waals surface area contributed by atoms with Crippen molar-refractivity contribution in [2.24, 2.45) is 0 Å². The summed E-state index contributed by atoms with van der Waals surface area (Å²) in [4.78, 5) is 13.4. The Bertz CT molecular complexity index is 1090. The van der Waals surface area contributed by atoms with Gasteiger partial charge in [0.25, 0.3) is 0 Å². The van der Waals surface area contributed by atoms with Gasteiger partial charge in [-0.15, -0.1) is 11.3 Å². The molecule has 0 bridgehead atoms. The monoisotopic (exact) mass is 336 g/mol. The van der Waals surface area contributed by atoms with Gasteiger partial charge >= 0.3 is 0 Å². The second-order valence-corrected chi connectivity index (χ2v) is 6.66. The van der Waals surface area contributed by atoms with Crippen molar-refractivity contribution in [1.29, 1.82) is 0 Å². The van der Waals surface area contributed by atoms with Crippen LogP contribution in [0.5, 0.6) is 11.5 Å². The van der Waals surface area contributed by atoms with Crippen molar-refractivity contribution in [2.75, 3.05) is 12.1 Å². The molecule has 0 unspecified atom stereocenters. The lowest BCUT2D eigenvalue weighted by molar-refractivity contribution is 0.174. The lowest BCUT2D eigenvalue weighted by atomic mass is 10.2. The van der Waals surface area contributed by atoms with Crippen molar-refractivity contribution in [3.05, 3.63) is 41.7 Å². The maximum absolute atomic E-state index is 5.43. The normalized spacial score (nSPS) is 12.9. The third-order valence-corrected chi connectivity index (χ3v) is 4.90.